The summed E-state index contributed by atoms with van der Waals surface area (Å²) in [5, 5.41) is 10.4. The molecule has 2 aromatic heterocycles. The van der Waals surface area contributed by atoms with Crippen LogP contribution in [0.25, 0.3) is 0 Å². The molecule has 0 aliphatic rings. The molecule has 0 atom stereocenters. The molecule has 5 heteroatoms. The van der Waals surface area contributed by atoms with Gasteiger partial charge >= 0.3 is 0 Å². The molecule has 0 fully saturated rings. The van der Waals surface area contributed by atoms with Gasteiger partial charge in [-0.15, -0.1) is 0 Å². The molecule has 2 aromatic rings. The average Bonchev–Trinajstić information content (AvgIpc) is 2.73. The van der Waals surface area contributed by atoms with E-state index in [0.717, 1.165) is 22.9 Å². The Morgan fingerprint density at radius 2 is 2.27 bits per heavy atom. The van der Waals surface area contributed by atoms with Gasteiger partial charge in [-0.25, -0.2) is 4.98 Å². The SMILES string of the molecule is Cc1n[nH]c(C)c1NCc1nccn1C. The van der Waals surface area contributed by atoms with E-state index in [1.54, 1.807) is 6.20 Å². The third kappa shape index (κ3) is 1.86. The summed E-state index contributed by atoms with van der Waals surface area (Å²) in [5.74, 6) is 1.01. The third-order valence-electron chi connectivity index (χ3n) is 2.47. The lowest BCUT2D eigenvalue weighted by Gasteiger charge is -2.06. The standard InChI is InChI=1S/C10H15N5/c1-7-10(8(2)14-13-7)12-6-9-11-4-5-15(9)3/h4-5,12H,6H2,1-3H3,(H,13,14). The van der Waals surface area contributed by atoms with E-state index in [9.17, 15) is 0 Å². The number of nitrogens with one attached hydrogen (secondary N) is 2. The number of H-pyrrole nitrogens is 1. The van der Waals surface area contributed by atoms with E-state index in [-0.39, 0.29) is 0 Å². The molecule has 2 rings (SSSR count). The predicted molar refractivity (Wildman–Crippen MR) is 58.6 cm³/mol. The monoisotopic (exact) mass is 205 g/mol. The molecule has 0 amide bonds. The normalized spacial score (nSPS) is 10.6. The highest BCUT2D eigenvalue weighted by atomic mass is 15.2. The molecule has 0 bridgehead atoms. The van der Waals surface area contributed by atoms with Crippen molar-refractivity contribution in [1.29, 1.82) is 0 Å². The Kier molecular flexibility index (Phi) is 2.45. The first-order valence-electron chi connectivity index (χ1n) is 4.90. The van der Waals surface area contributed by atoms with E-state index in [1.807, 2.05) is 31.7 Å². The number of aromatic amines is 1. The molecule has 0 aliphatic heterocycles. The highest BCUT2D eigenvalue weighted by molar-refractivity contribution is 5.51. The molecule has 0 aromatic carbocycles. The summed E-state index contributed by atoms with van der Waals surface area (Å²) in [6, 6.07) is 0. The summed E-state index contributed by atoms with van der Waals surface area (Å²) in [4.78, 5) is 4.24. The smallest absolute Gasteiger partial charge is 0.127 e. The summed E-state index contributed by atoms with van der Waals surface area (Å²) in [6.07, 6.45) is 3.73. The number of hydrogen-bond donors (Lipinski definition) is 2. The molecular weight excluding hydrogens is 190 g/mol. The van der Waals surface area contributed by atoms with Crippen molar-refractivity contribution in [2.24, 2.45) is 7.05 Å². The lowest BCUT2D eigenvalue weighted by molar-refractivity contribution is 0.812. The van der Waals surface area contributed by atoms with Gasteiger partial charge in [0.05, 0.1) is 23.6 Å². The minimum Gasteiger partial charge on any atom is -0.375 e. The van der Waals surface area contributed by atoms with Gasteiger partial charge in [0.2, 0.25) is 0 Å². The van der Waals surface area contributed by atoms with E-state index in [2.05, 4.69) is 20.5 Å². The van der Waals surface area contributed by atoms with Crippen molar-refractivity contribution < 1.29 is 0 Å². The molecule has 2 heterocycles. The topological polar surface area (TPSA) is 58.5 Å². The molecule has 2 N–H and O–H groups in total. The van der Waals surface area contributed by atoms with E-state index >= 15 is 0 Å². The van der Waals surface area contributed by atoms with Gasteiger partial charge in [-0.2, -0.15) is 5.10 Å². The number of aromatic nitrogens is 4. The molecule has 15 heavy (non-hydrogen) atoms. The van der Waals surface area contributed by atoms with Crippen LogP contribution in [0.2, 0.25) is 0 Å². The van der Waals surface area contributed by atoms with E-state index in [1.165, 1.54) is 0 Å². The van der Waals surface area contributed by atoms with Gasteiger partial charge in [-0.3, -0.25) is 5.10 Å². The van der Waals surface area contributed by atoms with Crippen molar-refractivity contribution in [2.75, 3.05) is 5.32 Å². The van der Waals surface area contributed by atoms with Crippen molar-refractivity contribution in [2.45, 2.75) is 20.4 Å². The lowest BCUT2D eigenvalue weighted by atomic mass is 10.3. The second-order valence-electron chi connectivity index (χ2n) is 3.62. The summed E-state index contributed by atoms with van der Waals surface area (Å²) in [7, 11) is 1.99. The fraction of sp³-hybridized carbons (Fsp3) is 0.400. The zero-order valence-electron chi connectivity index (χ0n) is 9.20. The molecule has 0 radical (unpaired) electrons. The molecule has 5 nitrogen and oxygen atoms in total. The molecule has 0 unspecified atom stereocenters. The van der Waals surface area contributed by atoms with Gasteiger partial charge < -0.3 is 9.88 Å². The van der Waals surface area contributed by atoms with Crippen LogP contribution in [0.1, 0.15) is 17.2 Å². The van der Waals surface area contributed by atoms with Gasteiger partial charge in [0, 0.05) is 19.4 Å². The van der Waals surface area contributed by atoms with Crippen molar-refractivity contribution in [3.8, 4) is 0 Å². The summed E-state index contributed by atoms with van der Waals surface area (Å²) in [6.45, 7) is 4.69. The zero-order valence-corrected chi connectivity index (χ0v) is 9.20. The maximum Gasteiger partial charge on any atom is 0.127 e. The number of anilines is 1. The van der Waals surface area contributed by atoms with E-state index in [4.69, 9.17) is 0 Å². The van der Waals surface area contributed by atoms with Crippen LogP contribution in [0.5, 0.6) is 0 Å². The van der Waals surface area contributed by atoms with Gasteiger partial charge in [0.25, 0.3) is 0 Å². The van der Waals surface area contributed by atoms with Crippen LogP contribution < -0.4 is 5.32 Å². The predicted octanol–water partition coefficient (Wildman–Crippen LogP) is 1.37. The fourth-order valence-corrected chi connectivity index (χ4v) is 1.55. The number of aryl methyl sites for hydroxylation is 3. The van der Waals surface area contributed by atoms with Crippen LogP contribution in [0.15, 0.2) is 12.4 Å². The Morgan fingerprint density at radius 1 is 1.47 bits per heavy atom. The zero-order chi connectivity index (χ0) is 10.8. The maximum absolute atomic E-state index is 4.24. The number of nitrogens with zero attached hydrogens (tertiary/aromatic N) is 3. The highest BCUT2D eigenvalue weighted by Crippen LogP contribution is 2.16. The lowest BCUT2D eigenvalue weighted by Crippen LogP contribution is -2.06. The Bertz CT molecular complexity index is 435. The van der Waals surface area contributed by atoms with E-state index < -0.39 is 0 Å². The maximum atomic E-state index is 4.24. The van der Waals surface area contributed by atoms with Crippen molar-refractivity contribution in [1.82, 2.24) is 19.7 Å². The molecule has 0 saturated carbocycles. The molecule has 0 spiro atoms. The Labute approximate surface area is 88.5 Å². The molecule has 80 valence electrons. The highest BCUT2D eigenvalue weighted by Gasteiger charge is 2.06. The Balaban J connectivity index is 2.08. The van der Waals surface area contributed by atoms with Crippen LogP contribution in [0.4, 0.5) is 5.69 Å². The minimum absolute atomic E-state index is 0.713. The number of imidazole rings is 1. The number of rotatable bonds is 3. The van der Waals surface area contributed by atoms with Crippen LogP contribution >= 0.6 is 0 Å². The minimum atomic E-state index is 0.713. The summed E-state index contributed by atoms with van der Waals surface area (Å²) < 4.78 is 2.00. The summed E-state index contributed by atoms with van der Waals surface area (Å²) in [5.41, 5.74) is 3.11. The first-order chi connectivity index (χ1) is 7.18. The third-order valence-corrected chi connectivity index (χ3v) is 2.47. The van der Waals surface area contributed by atoms with Crippen LogP contribution in [0, 0.1) is 13.8 Å². The first kappa shape index (κ1) is 9.76. The van der Waals surface area contributed by atoms with Crippen molar-refractivity contribution in [3.05, 3.63) is 29.6 Å². The largest absolute Gasteiger partial charge is 0.375 e. The second-order valence-corrected chi connectivity index (χ2v) is 3.62. The van der Waals surface area contributed by atoms with Crippen molar-refractivity contribution >= 4 is 5.69 Å². The number of hydrogen-bond acceptors (Lipinski definition) is 3. The molecule has 0 saturated heterocycles. The first-order valence-corrected chi connectivity index (χ1v) is 4.90. The second kappa shape index (κ2) is 3.76. The van der Waals surface area contributed by atoms with E-state index in [0.29, 0.717) is 6.54 Å². The van der Waals surface area contributed by atoms with Crippen molar-refractivity contribution in [3.63, 3.8) is 0 Å². The van der Waals surface area contributed by atoms with Gasteiger partial charge in [0.15, 0.2) is 0 Å². The Morgan fingerprint density at radius 3 is 2.80 bits per heavy atom. The quantitative estimate of drug-likeness (QED) is 0.795. The fourth-order valence-electron chi connectivity index (χ4n) is 1.55. The Hall–Kier alpha value is -1.78. The van der Waals surface area contributed by atoms with Gasteiger partial charge in [-0.1, -0.05) is 0 Å². The van der Waals surface area contributed by atoms with Crippen LogP contribution in [-0.4, -0.2) is 19.7 Å². The summed E-state index contributed by atoms with van der Waals surface area (Å²) >= 11 is 0. The molecular formula is C10H15N5. The average molecular weight is 205 g/mol. The van der Waals surface area contributed by atoms with Gasteiger partial charge in [0.1, 0.15) is 5.82 Å². The van der Waals surface area contributed by atoms with Crippen LogP contribution in [-0.2, 0) is 13.6 Å². The van der Waals surface area contributed by atoms with Crippen LogP contribution in [0.3, 0.4) is 0 Å². The van der Waals surface area contributed by atoms with Gasteiger partial charge in [-0.05, 0) is 13.8 Å². The molecule has 0 aliphatic carbocycles.